The zero-order valence-corrected chi connectivity index (χ0v) is 17.5. The van der Waals surface area contributed by atoms with Crippen molar-refractivity contribution in [2.45, 2.75) is 26.5 Å². The van der Waals surface area contributed by atoms with Crippen molar-refractivity contribution < 1.29 is 19.1 Å². The van der Waals surface area contributed by atoms with Crippen molar-refractivity contribution in [1.29, 1.82) is 0 Å². The van der Waals surface area contributed by atoms with Crippen molar-refractivity contribution in [3.63, 3.8) is 0 Å². The van der Waals surface area contributed by atoms with Gasteiger partial charge in [-0.1, -0.05) is 48.0 Å². The molecule has 1 heterocycles. The summed E-state index contributed by atoms with van der Waals surface area (Å²) in [4.78, 5) is 26.9. The van der Waals surface area contributed by atoms with E-state index in [0.717, 1.165) is 11.1 Å². The summed E-state index contributed by atoms with van der Waals surface area (Å²) in [5.74, 6) is 0.826. The van der Waals surface area contributed by atoms with Gasteiger partial charge in [-0.3, -0.25) is 9.59 Å². The quantitative estimate of drug-likeness (QED) is 0.650. The van der Waals surface area contributed by atoms with Crippen LogP contribution in [0.3, 0.4) is 0 Å². The maximum atomic E-state index is 12.8. The number of rotatable bonds is 6. The minimum absolute atomic E-state index is 0.110. The Morgan fingerprint density at radius 1 is 1.06 bits per heavy atom. The van der Waals surface area contributed by atoms with E-state index in [-0.39, 0.29) is 18.4 Å². The van der Waals surface area contributed by atoms with Crippen LogP contribution < -0.4 is 19.7 Å². The van der Waals surface area contributed by atoms with E-state index >= 15 is 0 Å². The number of nitrogens with zero attached hydrogens (tertiary/aromatic N) is 1. The number of aryl methyl sites for hydroxylation is 1. The molecule has 2 amide bonds. The van der Waals surface area contributed by atoms with E-state index in [1.807, 2.05) is 49.4 Å². The Balaban J connectivity index is 1.50. The summed E-state index contributed by atoms with van der Waals surface area (Å²) < 4.78 is 11.3. The third-order valence-corrected chi connectivity index (χ3v) is 5.03. The molecule has 31 heavy (non-hydrogen) atoms. The normalized spacial score (nSPS) is 15.1. The second kappa shape index (κ2) is 8.92. The first kappa shape index (κ1) is 20.5. The number of amides is 2. The highest BCUT2D eigenvalue weighted by atomic mass is 16.5. The predicted molar refractivity (Wildman–Crippen MR) is 119 cm³/mol. The molecule has 1 atom stereocenters. The van der Waals surface area contributed by atoms with Gasteiger partial charge in [0.25, 0.3) is 11.8 Å². The van der Waals surface area contributed by atoms with E-state index in [2.05, 4.69) is 5.32 Å². The van der Waals surface area contributed by atoms with Crippen LogP contribution in [0.2, 0.25) is 0 Å². The van der Waals surface area contributed by atoms with Crippen molar-refractivity contribution in [3.8, 4) is 11.5 Å². The molecule has 1 aliphatic heterocycles. The van der Waals surface area contributed by atoms with Crippen molar-refractivity contribution in [1.82, 2.24) is 0 Å². The lowest BCUT2D eigenvalue weighted by molar-refractivity contribution is -0.125. The van der Waals surface area contributed by atoms with Crippen LogP contribution in [0.4, 0.5) is 11.4 Å². The number of benzene rings is 3. The predicted octanol–water partition coefficient (Wildman–Crippen LogP) is 4.33. The molecule has 0 spiro atoms. The summed E-state index contributed by atoms with van der Waals surface area (Å²) in [5, 5.41) is 2.82. The molecule has 1 aliphatic rings. The van der Waals surface area contributed by atoms with Crippen molar-refractivity contribution >= 4 is 23.2 Å². The van der Waals surface area contributed by atoms with Gasteiger partial charge in [-0.05, 0) is 49.7 Å². The molecule has 0 aromatic heterocycles. The van der Waals surface area contributed by atoms with Gasteiger partial charge in [0.2, 0.25) is 0 Å². The van der Waals surface area contributed by atoms with E-state index in [1.165, 1.54) is 0 Å². The lowest BCUT2D eigenvalue weighted by Gasteiger charge is -2.33. The van der Waals surface area contributed by atoms with Crippen molar-refractivity contribution in [2.75, 3.05) is 16.8 Å². The molecule has 4 rings (SSSR count). The molecule has 1 N–H and O–H groups in total. The lowest BCUT2D eigenvalue weighted by atomic mass is 10.1. The smallest absolute Gasteiger partial charge is 0.268 e. The van der Waals surface area contributed by atoms with E-state index in [0.29, 0.717) is 29.4 Å². The summed E-state index contributed by atoms with van der Waals surface area (Å²) in [7, 11) is 0. The number of hydrogen-bond donors (Lipinski definition) is 1. The van der Waals surface area contributed by atoms with Crippen LogP contribution >= 0.6 is 0 Å². The topological polar surface area (TPSA) is 67.9 Å². The van der Waals surface area contributed by atoms with E-state index in [9.17, 15) is 9.59 Å². The second-order valence-electron chi connectivity index (χ2n) is 7.50. The Morgan fingerprint density at radius 3 is 2.55 bits per heavy atom. The molecule has 0 bridgehead atoms. The van der Waals surface area contributed by atoms with Crippen LogP contribution in [0.25, 0.3) is 0 Å². The molecule has 6 nitrogen and oxygen atoms in total. The summed E-state index contributed by atoms with van der Waals surface area (Å²) in [6.45, 7) is 4.08. The fourth-order valence-electron chi connectivity index (χ4n) is 3.39. The Hall–Kier alpha value is -3.80. The molecule has 0 aliphatic carbocycles. The van der Waals surface area contributed by atoms with Crippen molar-refractivity contribution in [3.05, 3.63) is 83.9 Å². The molecule has 0 saturated heterocycles. The van der Waals surface area contributed by atoms with E-state index in [1.54, 1.807) is 42.2 Å². The number of para-hydroxylation sites is 1. The summed E-state index contributed by atoms with van der Waals surface area (Å²) in [6, 6.07) is 22.5. The fourth-order valence-corrected chi connectivity index (χ4v) is 3.39. The number of ether oxygens (including phenoxy) is 2. The third-order valence-electron chi connectivity index (χ3n) is 5.03. The number of nitrogens with one attached hydrogen (secondary N) is 1. The van der Waals surface area contributed by atoms with Gasteiger partial charge in [-0.2, -0.15) is 0 Å². The van der Waals surface area contributed by atoms with Gasteiger partial charge >= 0.3 is 0 Å². The zero-order valence-electron chi connectivity index (χ0n) is 17.5. The third kappa shape index (κ3) is 4.86. The van der Waals surface area contributed by atoms with Gasteiger partial charge in [-0.25, -0.2) is 0 Å². The minimum Gasteiger partial charge on any atom is -0.484 e. The number of hydrogen-bond acceptors (Lipinski definition) is 4. The first-order chi connectivity index (χ1) is 15.0. The zero-order chi connectivity index (χ0) is 21.8. The Kier molecular flexibility index (Phi) is 5.89. The largest absolute Gasteiger partial charge is 0.484 e. The SMILES string of the molecule is Cc1ccc(CN2C(=O)C(C)Oc3ccc(NC(=O)COc4ccccc4)cc32)cc1. The number of anilines is 2. The summed E-state index contributed by atoms with van der Waals surface area (Å²) >= 11 is 0. The van der Waals surface area contributed by atoms with Crippen LogP contribution in [-0.4, -0.2) is 24.5 Å². The summed E-state index contributed by atoms with van der Waals surface area (Å²) in [5.41, 5.74) is 3.38. The Morgan fingerprint density at radius 2 is 1.81 bits per heavy atom. The average Bonchev–Trinajstić information content (AvgIpc) is 2.78. The first-order valence-electron chi connectivity index (χ1n) is 10.1. The van der Waals surface area contributed by atoms with Gasteiger partial charge in [0.05, 0.1) is 12.2 Å². The van der Waals surface area contributed by atoms with Crippen LogP contribution in [-0.2, 0) is 16.1 Å². The summed E-state index contributed by atoms with van der Waals surface area (Å²) in [6.07, 6.45) is -0.572. The highest BCUT2D eigenvalue weighted by Crippen LogP contribution is 2.37. The first-order valence-corrected chi connectivity index (χ1v) is 10.1. The van der Waals surface area contributed by atoms with E-state index < -0.39 is 6.10 Å². The average molecular weight is 416 g/mol. The molecule has 6 heteroatoms. The standard InChI is InChI=1S/C25H24N2O4/c1-17-8-10-19(11-9-17)15-27-22-14-20(12-13-23(22)31-18(2)25(27)29)26-24(28)16-30-21-6-4-3-5-7-21/h3-14,18H,15-16H2,1-2H3,(H,26,28). The molecule has 158 valence electrons. The van der Waals surface area contributed by atoms with Crippen LogP contribution in [0, 0.1) is 6.92 Å². The molecular weight excluding hydrogens is 392 g/mol. The van der Waals surface area contributed by atoms with E-state index in [4.69, 9.17) is 9.47 Å². The molecule has 0 saturated carbocycles. The molecule has 0 fully saturated rings. The second-order valence-corrected chi connectivity index (χ2v) is 7.50. The highest BCUT2D eigenvalue weighted by Gasteiger charge is 2.31. The fraction of sp³-hybridized carbons (Fsp3) is 0.200. The van der Waals surface area contributed by atoms with Crippen LogP contribution in [0.15, 0.2) is 72.8 Å². The molecule has 1 unspecified atom stereocenters. The van der Waals surface area contributed by atoms with Crippen LogP contribution in [0.5, 0.6) is 11.5 Å². The van der Waals surface area contributed by atoms with Gasteiger partial charge in [0.1, 0.15) is 11.5 Å². The Labute approximate surface area is 181 Å². The molecular formula is C25H24N2O4. The Bertz CT molecular complexity index is 1080. The molecule has 3 aromatic carbocycles. The number of carbonyl (C=O) groups is 2. The maximum Gasteiger partial charge on any atom is 0.268 e. The monoisotopic (exact) mass is 416 g/mol. The van der Waals surface area contributed by atoms with Gasteiger partial charge in [-0.15, -0.1) is 0 Å². The molecule has 3 aromatic rings. The highest BCUT2D eigenvalue weighted by molar-refractivity contribution is 6.01. The minimum atomic E-state index is -0.572. The maximum absolute atomic E-state index is 12.8. The van der Waals surface area contributed by atoms with Gasteiger partial charge in [0.15, 0.2) is 12.7 Å². The van der Waals surface area contributed by atoms with Gasteiger partial charge in [0, 0.05) is 5.69 Å². The number of carbonyl (C=O) groups excluding carboxylic acids is 2. The number of fused-ring (bicyclic) bond motifs is 1. The lowest BCUT2D eigenvalue weighted by Crippen LogP contribution is -2.44. The van der Waals surface area contributed by atoms with Crippen LogP contribution in [0.1, 0.15) is 18.1 Å². The van der Waals surface area contributed by atoms with Crippen molar-refractivity contribution in [2.24, 2.45) is 0 Å². The van der Waals surface area contributed by atoms with Gasteiger partial charge < -0.3 is 19.7 Å². The molecule has 0 radical (unpaired) electrons.